The third kappa shape index (κ3) is 3.56. The summed E-state index contributed by atoms with van der Waals surface area (Å²) in [5.41, 5.74) is -0.342. The highest BCUT2D eigenvalue weighted by molar-refractivity contribution is 6.35. The van der Waals surface area contributed by atoms with Crippen LogP contribution in [0.4, 0.5) is 4.39 Å². The Bertz CT molecular complexity index is 425. The number of hydrogen-bond acceptors (Lipinski definition) is 3. The molecular weight excluding hydrogens is 280 g/mol. The minimum atomic E-state index is -0.862. The molecule has 0 amide bonds. The van der Waals surface area contributed by atoms with Gasteiger partial charge in [0.2, 0.25) is 0 Å². The number of hydrogen-bond donors (Lipinski definition) is 3. The van der Waals surface area contributed by atoms with Crippen LogP contribution in [0, 0.1) is 5.82 Å². The van der Waals surface area contributed by atoms with Gasteiger partial charge < -0.3 is 15.5 Å². The molecule has 0 radical (unpaired) electrons. The van der Waals surface area contributed by atoms with E-state index in [4.69, 9.17) is 23.2 Å². The molecule has 0 heterocycles. The number of halogens is 3. The summed E-state index contributed by atoms with van der Waals surface area (Å²) in [6.45, 7) is 2.92. The SMILES string of the molecule is CC(NC(C)(CO)CO)c1cc(F)c(Cl)cc1Cl. The first kappa shape index (κ1) is 15.7. The lowest BCUT2D eigenvalue weighted by atomic mass is 10.0. The van der Waals surface area contributed by atoms with Crippen LogP contribution < -0.4 is 5.32 Å². The molecule has 3 N–H and O–H groups in total. The van der Waals surface area contributed by atoms with E-state index in [-0.39, 0.29) is 24.3 Å². The maximum Gasteiger partial charge on any atom is 0.142 e. The summed E-state index contributed by atoms with van der Waals surface area (Å²) in [5, 5.41) is 21.7. The number of benzene rings is 1. The van der Waals surface area contributed by atoms with Crippen molar-refractivity contribution in [2.75, 3.05) is 13.2 Å². The Kier molecular flexibility index (Phi) is 5.37. The Labute approximate surface area is 116 Å². The van der Waals surface area contributed by atoms with Crippen molar-refractivity contribution in [2.24, 2.45) is 0 Å². The third-order valence-electron chi connectivity index (χ3n) is 2.77. The second-order valence-electron chi connectivity index (χ2n) is 4.53. The first-order chi connectivity index (χ1) is 8.33. The van der Waals surface area contributed by atoms with Gasteiger partial charge in [-0.1, -0.05) is 23.2 Å². The largest absolute Gasteiger partial charge is 0.394 e. The van der Waals surface area contributed by atoms with Gasteiger partial charge in [0.1, 0.15) is 5.82 Å². The summed E-state index contributed by atoms with van der Waals surface area (Å²) in [7, 11) is 0. The molecule has 0 fully saturated rings. The first-order valence-electron chi connectivity index (χ1n) is 5.47. The van der Waals surface area contributed by atoms with Gasteiger partial charge in [0, 0.05) is 11.1 Å². The number of aliphatic hydroxyl groups excluding tert-OH is 2. The molecule has 1 aromatic rings. The van der Waals surface area contributed by atoms with Crippen molar-refractivity contribution >= 4 is 23.2 Å². The van der Waals surface area contributed by atoms with Crippen molar-refractivity contribution in [2.45, 2.75) is 25.4 Å². The Morgan fingerprint density at radius 3 is 2.33 bits per heavy atom. The van der Waals surface area contributed by atoms with E-state index in [0.717, 1.165) is 0 Å². The van der Waals surface area contributed by atoms with Crippen LogP contribution in [0.3, 0.4) is 0 Å². The molecule has 0 aromatic heterocycles. The minimum Gasteiger partial charge on any atom is -0.394 e. The molecule has 1 rings (SSSR count). The predicted octanol–water partition coefficient (Wildman–Crippen LogP) is 2.53. The smallest absolute Gasteiger partial charge is 0.142 e. The maximum absolute atomic E-state index is 13.4. The van der Waals surface area contributed by atoms with E-state index in [9.17, 15) is 14.6 Å². The molecule has 3 nitrogen and oxygen atoms in total. The molecule has 0 saturated heterocycles. The molecule has 0 aliphatic carbocycles. The van der Waals surface area contributed by atoms with Gasteiger partial charge in [-0.15, -0.1) is 0 Å². The van der Waals surface area contributed by atoms with Crippen molar-refractivity contribution < 1.29 is 14.6 Å². The molecule has 0 bridgehead atoms. The zero-order chi connectivity index (χ0) is 13.9. The molecule has 1 unspecified atom stereocenters. The van der Waals surface area contributed by atoms with Crippen LogP contribution in [-0.4, -0.2) is 29.0 Å². The average molecular weight is 296 g/mol. The van der Waals surface area contributed by atoms with Crippen LogP contribution in [0.5, 0.6) is 0 Å². The van der Waals surface area contributed by atoms with Crippen molar-refractivity contribution in [3.63, 3.8) is 0 Å². The van der Waals surface area contributed by atoms with Crippen LogP contribution >= 0.6 is 23.2 Å². The Morgan fingerprint density at radius 2 is 1.83 bits per heavy atom. The highest BCUT2D eigenvalue weighted by Gasteiger charge is 2.25. The highest BCUT2D eigenvalue weighted by atomic mass is 35.5. The van der Waals surface area contributed by atoms with E-state index >= 15 is 0 Å². The standard InChI is InChI=1S/C12H16Cl2FNO2/c1-7(16-12(2,5-17)6-18)8-3-11(15)10(14)4-9(8)13/h3-4,7,16-18H,5-6H2,1-2H3. The van der Waals surface area contributed by atoms with Gasteiger partial charge in [-0.2, -0.15) is 0 Å². The Morgan fingerprint density at radius 1 is 1.28 bits per heavy atom. The van der Waals surface area contributed by atoms with Crippen molar-refractivity contribution in [1.29, 1.82) is 0 Å². The second kappa shape index (κ2) is 6.17. The molecule has 0 aliphatic rings. The molecule has 102 valence electrons. The van der Waals surface area contributed by atoms with Crippen molar-refractivity contribution in [3.8, 4) is 0 Å². The van der Waals surface area contributed by atoms with Crippen molar-refractivity contribution in [3.05, 3.63) is 33.6 Å². The van der Waals surface area contributed by atoms with E-state index in [1.165, 1.54) is 12.1 Å². The fraction of sp³-hybridized carbons (Fsp3) is 0.500. The minimum absolute atomic E-state index is 0.0389. The highest BCUT2D eigenvalue weighted by Crippen LogP contribution is 2.29. The van der Waals surface area contributed by atoms with Gasteiger partial charge in [-0.05, 0) is 31.5 Å². The van der Waals surface area contributed by atoms with Crippen LogP contribution in [-0.2, 0) is 0 Å². The quantitative estimate of drug-likeness (QED) is 0.732. The lowest BCUT2D eigenvalue weighted by molar-refractivity contribution is 0.0957. The van der Waals surface area contributed by atoms with Crippen LogP contribution in [0.1, 0.15) is 25.5 Å². The van der Waals surface area contributed by atoms with Crippen LogP contribution in [0.2, 0.25) is 10.0 Å². The zero-order valence-electron chi connectivity index (χ0n) is 10.2. The Balaban J connectivity index is 2.97. The van der Waals surface area contributed by atoms with Gasteiger partial charge in [-0.25, -0.2) is 4.39 Å². The van der Waals surface area contributed by atoms with E-state index in [1.54, 1.807) is 13.8 Å². The molecule has 0 aliphatic heterocycles. The summed E-state index contributed by atoms with van der Waals surface area (Å²) < 4.78 is 13.4. The third-order valence-corrected chi connectivity index (χ3v) is 3.39. The molecule has 6 heteroatoms. The molecule has 1 aromatic carbocycles. The number of rotatable bonds is 5. The van der Waals surface area contributed by atoms with Crippen LogP contribution in [0.25, 0.3) is 0 Å². The monoisotopic (exact) mass is 295 g/mol. The van der Waals surface area contributed by atoms with Gasteiger partial charge in [-0.3, -0.25) is 0 Å². The summed E-state index contributed by atoms with van der Waals surface area (Å²) >= 11 is 11.6. The fourth-order valence-corrected chi connectivity index (χ4v) is 2.16. The van der Waals surface area contributed by atoms with E-state index in [0.29, 0.717) is 10.6 Å². The van der Waals surface area contributed by atoms with Gasteiger partial charge in [0.25, 0.3) is 0 Å². The Hall–Kier alpha value is -0.390. The van der Waals surface area contributed by atoms with E-state index in [2.05, 4.69) is 5.32 Å². The normalized spacial score (nSPS) is 13.7. The van der Waals surface area contributed by atoms with E-state index < -0.39 is 11.4 Å². The second-order valence-corrected chi connectivity index (χ2v) is 5.35. The summed E-state index contributed by atoms with van der Waals surface area (Å²) in [4.78, 5) is 0. The lowest BCUT2D eigenvalue weighted by Gasteiger charge is -2.31. The summed E-state index contributed by atoms with van der Waals surface area (Å²) in [6.07, 6.45) is 0. The zero-order valence-corrected chi connectivity index (χ0v) is 11.7. The summed E-state index contributed by atoms with van der Waals surface area (Å²) in [6, 6.07) is 2.24. The number of nitrogens with one attached hydrogen (secondary N) is 1. The first-order valence-corrected chi connectivity index (χ1v) is 6.22. The lowest BCUT2D eigenvalue weighted by Crippen LogP contribution is -2.49. The van der Waals surface area contributed by atoms with E-state index in [1.807, 2.05) is 0 Å². The average Bonchev–Trinajstić information content (AvgIpc) is 2.33. The maximum atomic E-state index is 13.4. The molecule has 18 heavy (non-hydrogen) atoms. The van der Waals surface area contributed by atoms with Gasteiger partial charge in [0.15, 0.2) is 0 Å². The molecular formula is C12H16Cl2FNO2. The molecule has 0 spiro atoms. The van der Waals surface area contributed by atoms with Gasteiger partial charge in [0.05, 0.1) is 23.8 Å². The van der Waals surface area contributed by atoms with Gasteiger partial charge >= 0.3 is 0 Å². The topological polar surface area (TPSA) is 52.5 Å². The fourth-order valence-electron chi connectivity index (χ4n) is 1.61. The predicted molar refractivity (Wildman–Crippen MR) is 70.5 cm³/mol. The molecule has 1 atom stereocenters. The molecule has 0 saturated carbocycles. The number of aliphatic hydroxyl groups is 2. The van der Waals surface area contributed by atoms with Crippen LogP contribution in [0.15, 0.2) is 12.1 Å². The summed E-state index contributed by atoms with van der Waals surface area (Å²) in [5.74, 6) is -0.556. The van der Waals surface area contributed by atoms with Crippen molar-refractivity contribution in [1.82, 2.24) is 5.32 Å².